The molecule has 1 rings (SSSR count). The molecule has 1 aromatic rings. The van der Waals surface area contributed by atoms with Gasteiger partial charge in [-0.3, -0.25) is 0 Å². The van der Waals surface area contributed by atoms with Gasteiger partial charge in [0.15, 0.2) is 0 Å². The zero-order valence-corrected chi connectivity index (χ0v) is 9.09. The van der Waals surface area contributed by atoms with Crippen molar-refractivity contribution in [2.24, 2.45) is 0 Å². The molecule has 0 aliphatic rings. The number of nitrogens with zero attached hydrogens (tertiary/aromatic N) is 1. The maximum absolute atomic E-state index is 9.33. The molecular formula is C10H10BrNO. The molecule has 0 saturated heterocycles. The first-order valence-corrected chi connectivity index (χ1v) is 4.64. The first-order valence-electron chi connectivity index (χ1n) is 3.84. The van der Waals surface area contributed by atoms with Gasteiger partial charge in [-0.2, -0.15) is 0 Å². The molecule has 0 amide bonds. The van der Waals surface area contributed by atoms with Crippen LogP contribution in [0.2, 0.25) is 0 Å². The lowest BCUT2D eigenvalue weighted by molar-refractivity contribution is 0.143. The molecule has 1 heterocycles. The van der Waals surface area contributed by atoms with E-state index in [4.69, 9.17) is 0 Å². The lowest BCUT2D eigenvalue weighted by Crippen LogP contribution is -2.14. The molecule has 1 N–H and O–H groups in total. The van der Waals surface area contributed by atoms with Gasteiger partial charge in [-0.05, 0) is 41.9 Å². The Hall–Kier alpha value is -0.850. The summed E-state index contributed by atoms with van der Waals surface area (Å²) in [6.45, 7) is 3.29. The molecule has 3 heteroatoms. The van der Waals surface area contributed by atoms with Gasteiger partial charge in [-0.15, -0.1) is 0 Å². The minimum absolute atomic E-state index is 0.779. The normalized spacial score (nSPS) is 10.5. The number of aromatic nitrogens is 1. The van der Waals surface area contributed by atoms with E-state index in [-0.39, 0.29) is 0 Å². The molecule has 1 aromatic heterocycles. The number of pyridine rings is 1. The summed E-state index contributed by atoms with van der Waals surface area (Å²) in [7, 11) is 0. The number of rotatable bonds is 0. The smallest absolute Gasteiger partial charge is 0.120 e. The Kier molecular flexibility index (Phi) is 3.07. The zero-order chi connectivity index (χ0) is 9.90. The van der Waals surface area contributed by atoms with E-state index < -0.39 is 5.60 Å². The second-order valence-corrected chi connectivity index (χ2v) is 3.99. The molecule has 0 radical (unpaired) electrons. The average Bonchev–Trinajstić information content (AvgIpc) is 2.02. The van der Waals surface area contributed by atoms with Crippen LogP contribution in [0.5, 0.6) is 0 Å². The molecule has 13 heavy (non-hydrogen) atoms. The van der Waals surface area contributed by atoms with Gasteiger partial charge in [0.05, 0.1) is 0 Å². The fourth-order valence-electron chi connectivity index (χ4n) is 0.675. The van der Waals surface area contributed by atoms with E-state index >= 15 is 0 Å². The minimum atomic E-state index is -0.951. The SMILES string of the molecule is CC(C)(O)C#Cc1ccc(Br)nc1. The Balaban J connectivity index is 2.85. The van der Waals surface area contributed by atoms with E-state index in [0.717, 1.165) is 10.2 Å². The van der Waals surface area contributed by atoms with E-state index in [1.165, 1.54) is 0 Å². The molecule has 0 fully saturated rings. The van der Waals surface area contributed by atoms with E-state index in [0.29, 0.717) is 0 Å². The molecule has 0 unspecified atom stereocenters. The maximum atomic E-state index is 9.33. The van der Waals surface area contributed by atoms with Gasteiger partial charge in [-0.1, -0.05) is 11.8 Å². The van der Waals surface area contributed by atoms with E-state index in [1.54, 1.807) is 20.0 Å². The summed E-state index contributed by atoms with van der Waals surface area (Å²) in [6.07, 6.45) is 1.66. The van der Waals surface area contributed by atoms with Crippen molar-refractivity contribution in [2.75, 3.05) is 0 Å². The summed E-state index contributed by atoms with van der Waals surface area (Å²) in [5, 5.41) is 9.33. The van der Waals surface area contributed by atoms with Gasteiger partial charge in [0.25, 0.3) is 0 Å². The Labute approximate surface area is 86.1 Å². The third-order valence-electron chi connectivity index (χ3n) is 1.24. The Morgan fingerprint density at radius 2 is 2.15 bits per heavy atom. The van der Waals surface area contributed by atoms with Crippen molar-refractivity contribution in [1.82, 2.24) is 4.98 Å². The predicted octanol–water partition coefficient (Wildman–Crippen LogP) is 1.97. The van der Waals surface area contributed by atoms with Gasteiger partial charge in [-0.25, -0.2) is 4.98 Å². The van der Waals surface area contributed by atoms with Crippen molar-refractivity contribution < 1.29 is 5.11 Å². The fourth-order valence-corrected chi connectivity index (χ4v) is 0.909. The second kappa shape index (κ2) is 3.91. The highest BCUT2D eigenvalue weighted by atomic mass is 79.9. The molecule has 0 bridgehead atoms. The van der Waals surface area contributed by atoms with Gasteiger partial charge in [0.1, 0.15) is 10.2 Å². The van der Waals surface area contributed by atoms with Crippen LogP contribution < -0.4 is 0 Å². The standard InChI is InChI=1S/C10H10BrNO/c1-10(2,13)6-5-8-3-4-9(11)12-7-8/h3-4,7,13H,1-2H3. The minimum Gasteiger partial charge on any atom is -0.378 e. The van der Waals surface area contributed by atoms with Crippen molar-refractivity contribution in [3.63, 3.8) is 0 Å². The van der Waals surface area contributed by atoms with Gasteiger partial charge in [0.2, 0.25) is 0 Å². The van der Waals surface area contributed by atoms with Crippen LogP contribution in [-0.4, -0.2) is 15.7 Å². The quantitative estimate of drug-likeness (QED) is 0.555. The largest absolute Gasteiger partial charge is 0.378 e. The van der Waals surface area contributed by atoms with Gasteiger partial charge >= 0.3 is 0 Å². The highest BCUT2D eigenvalue weighted by molar-refractivity contribution is 9.10. The fraction of sp³-hybridized carbons (Fsp3) is 0.300. The molecule has 0 saturated carbocycles. The van der Waals surface area contributed by atoms with Crippen LogP contribution in [0.25, 0.3) is 0 Å². The topological polar surface area (TPSA) is 33.1 Å². The van der Waals surface area contributed by atoms with Crippen molar-refractivity contribution in [2.45, 2.75) is 19.4 Å². The molecule has 0 aliphatic heterocycles. The summed E-state index contributed by atoms with van der Waals surface area (Å²) in [6, 6.07) is 3.66. The Bertz CT molecular complexity index is 340. The van der Waals surface area contributed by atoms with Crippen molar-refractivity contribution in [1.29, 1.82) is 0 Å². The number of halogens is 1. The van der Waals surface area contributed by atoms with Crippen molar-refractivity contribution in [3.8, 4) is 11.8 Å². The summed E-state index contributed by atoms with van der Waals surface area (Å²) < 4.78 is 0.779. The van der Waals surface area contributed by atoms with Crippen LogP contribution >= 0.6 is 15.9 Å². The summed E-state index contributed by atoms with van der Waals surface area (Å²) in [5.41, 5.74) is -0.155. The van der Waals surface area contributed by atoms with Gasteiger partial charge < -0.3 is 5.11 Å². The monoisotopic (exact) mass is 239 g/mol. The third-order valence-corrected chi connectivity index (χ3v) is 1.71. The van der Waals surface area contributed by atoms with Gasteiger partial charge in [0, 0.05) is 11.8 Å². The maximum Gasteiger partial charge on any atom is 0.120 e. The van der Waals surface area contributed by atoms with Crippen molar-refractivity contribution in [3.05, 3.63) is 28.5 Å². The molecule has 0 atom stereocenters. The Morgan fingerprint density at radius 1 is 1.46 bits per heavy atom. The van der Waals surface area contributed by atoms with E-state index in [9.17, 15) is 5.11 Å². The third kappa shape index (κ3) is 4.07. The summed E-state index contributed by atoms with van der Waals surface area (Å²) in [5.74, 6) is 5.54. The average molecular weight is 240 g/mol. The van der Waals surface area contributed by atoms with Crippen LogP contribution in [0.3, 0.4) is 0 Å². The molecule has 68 valence electrons. The summed E-state index contributed by atoms with van der Waals surface area (Å²) >= 11 is 3.23. The number of aliphatic hydroxyl groups is 1. The Morgan fingerprint density at radius 3 is 2.62 bits per heavy atom. The highest BCUT2D eigenvalue weighted by Gasteiger charge is 2.05. The van der Waals surface area contributed by atoms with Crippen LogP contribution in [0.4, 0.5) is 0 Å². The second-order valence-electron chi connectivity index (χ2n) is 3.18. The van der Waals surface area contributed by atoms with E-state index in [2.05, 4.69) is 32.8 Å². The molecule has 0 spiro atoms. The first kappa shape index (κ1) is 10.2. The number of hydrogen-bond donors (Lipinski definition) is 1. The predicted molar refractivity (Wildman–Crippen MR) is 55.1 cm³/mol. The highest BCUT2D eigenvalue weighted by Crippen LogP contribution is 2.05. The van der Waals surface area contributed by atoms with Crippen LogP contribution in [-0.2, 0) is 0 Å². The summed E-state index contributed by atoms with van der Waals surface area (Å²) in [4.78, 5) is 4.01. The molecule has 0 aliphatic carbocycles. The van der Waals surface area contributed by atoms with Crippen LogP contribution in [0.1, 0.15) is 19.4 Å². The van der Waals surface area contributed by atoms with Crippen molar-refractivity contribution >= 4 is 15.9 Å². The lowest BCUT2D eigenvalue weighted by atomic mass is 10.1. The number of hydrogen-bond acceptors (Lipinski definition) is 2. The molecular weight excluding hydrogens is 230 g/mol. The molecule has 0 aromatic carbocycles. The zero-order valence-electron chi connectivity index (χ0n) is 7.50. The lowest BCUT2D eigenvalue weighted by Gasteiger charge is -2.05. The molecule has 2 nitrogen and oxygen atoms in total. The van der Waals surface area contributed by atoms with E-state index in [1.807, 2.05) is 12.1 Å². The van der Waals surface area contributed by atoms with Crippen LogP contribution in [0, 0.1) is 11.8 Å². The first-order chi connectivity index (χ1) is 5.97. The van der Waals surface area contributed by atoms with Crippen LogP contribution in [0.15, 0.2) is 22.9 Å².